The lowest BCUT2D eigenvalue weighted by atomic mass is 10.0. The van der Waals surface area contributed by atoms with Gasteiger partial charge in [0.25, 0.3) is 0 Å². The summed E-state index contributed by atoms with van der Waals surface area (Å²) in [7, 11) is 1.93. The highest BCUT2D eigenvalue weighted by Gasteiger charge is 2.00. The van der Waals surface area contributed by atoms with E-state index in [0.717, 1.165) is 12.1 Å². The van der Waals surface area contributed by atoms with Gasteiger partial charge in [0, 0.05) is 18.3 Å². The summed E-state index contributed by atoms with van der Waals surface area (Å²) in [4.78, 5) is 0. The van der Waals surface area contributed by atoms with Crippen molar-refractivity contribution >= 4 is 11.3 Å². The van der Waals surface area contributed by atoms with Crippen LogP contribution in [0.1, 0.15) is 32.8 Å². The van der Waals surface area contributed by atoms with Crippen molar-refractivity contribution in [2.24, 2.45) is 0 Å². The van der Waals surface area contributed by atoms with Crippen molar-refractivity contribution in [2.45, 2.75) is 27.2 Å². The number of hydrogen-bond acceptors (Lipinski definition) is 1. The zero-order valence-corrected chi connectivity index (χ0v) is 9.72. The smallest absolute Gasteiger partial charge is 0.0413 e. The summed E-state index contributed by atoms with van der Waals surface area (Å²) in [6, 6.07) is 8.23. The molecule has 1 nitrogen and oxygen atoms in total. The molecule has 1 aromatic rings. The number of anilines is 1. The second-order valence-corrected chi connectivity index (χ2v) is 2.75. The first-order chi connectivity index (χ1) is 6.79. The van der Waals surface area contributed by atoms with E-state index in [-0.39, 0.29) is 0 Å². The maximum atomic E-state index is 4.01. The molecule has 0 aliphatic carbocycles. The lowest BCUT2D eigenvalue weighted by Gasteiger charge is -2.09. The van der Waals surface area contributed by atoms with Crippen LogP contribution in [-0.4, -0.2) is 7.05 Å². The lowest BCUT2D eigenvalue weighted by Crippen LogP contribution is -1.93. The first kappa shape index (κ1) is 12.8. The SMILES string of the molecule is C=C(CC)c1ccccc1NC.CC. The fourth-order valence-electron chi connectivity index (χ4n) is 1.20. The molecule has 0 aliphatic heterocycles. The minimum atomic E-state index is 0.999. The van der Waals surface area contributed by atoms with Crippen molar-refractivity contribution in [1.29, 1.82) is 0 Å². The van der Waals surface area contributed by atoms with E-state index in [0.29, 0.717) is 0 Å². The molecule has 0 aromatic heterocycles. The summed E-state index contributed by atoms with van der Waals surface area (Å²) in [5, 5.41) is 3.15. The van der Waals surface area contributed by atoms with E-state index >= 15 is 0 Å². The molecule has 0 spiro atoms. The quantitative estimate of drug-likeness (QED) is 0.755. The van der Waals surface area contributed by atoms with Crippen molar-refractivity contribution in [2.75, 3.05) is 12.4 Å². The van der Waals surface area contributed by atoms with Gasteiger partial charge in [0.15, 0.2) is 0 Å². The van der Waals surface area contributed by atoms with Crippen molar-refractivity contribution in [3.8, 4) is 0 Å². The third kappa shape index (κ3) is 3.25. The Balaban J connectivity index is 0.000000791. The van der Waals surface area contributed by atoms with Gasteiger partial charge in [-0.3, -0.25) is 0 Å². The molecule has 1 heteroatoms. The minimum Gasteiger partial charge on any atom is -0.388 e. The largest absolute Gasteiger partial charge is 0.388 e. The fourth-order valence-corrected chi connectivity index (χ4v) is 1.20. The van der Waals surface area contributed by atoms with Gasteiger partial charge in [0.2, 0.25) is 0 Å². The Morgan fingerprint density at radius 2 is 1.86 bits per heavy atom. The Bertz CT molecular complexity index is 276. The average molecular weight is 191 g/mol. The van der Waals surface area contributed by atoms with Gasteiger partial charge in [-0.2, -0.15) is 0 Å². The number of hydrogen-bond donors (Lipinski definition) is 1. The highest BCUT2D eigenvalue weighted by Crippen LogP contribution is 2.23. The van der Waals surface area contributed by atoms with Crippen LogP contribution >= 0.6 is 0 Å². The third-order valence-corrected chi connectivity index (χ3v) is 2.00. The van der Waals surface area contributed by atoms with Crippen molar-refractivity contribution in [3.05, 3.63) is 36.4 Å². The van der Waals surface area contributed by atoms with E-state index in [1.165, 1.54) is 11.1 Å². The molecule has 0 bridgehead atoms. The second kappa shape index (κ2) is 7.19. The standard InChI is InChI=1S/C11H15N.C2H6/c1-4-9(2)10-7-5-6-8-11(10)12-3;1-2/h5-8,12H,2,4H2,1,3H3;1-2H3. The molecule has 0 aliphatic rings. The topological polar surface area (TPSA) is 12.0 Å². The summed E-state index contributed by atoms with van der Waals surface area (Å²) >= 11 is 0. The van der Waals surface area contributed by atoms with Crippen LogP contribution in [0.25, 0.3) is 5.57 Å². The van der Waals surface area contributed by atoms with Gasteiger partial charge in [-0.25, -0.2) is 0 Å². The van der Waals surface area contributed by atoms with Crippen molar-refractivity contribution < 1.29 is 0 Å². The van der Waals surface area contributed by atoms with Crippen molar-refractivity contribution in [1.82, 2.24) is 0 Å². The zero-order valence-electron chi connectivity index (χ0n) is 9.72. The van der Waals surface area contributed by atoms with Crippen LogP contribution in [0.4, 0.5) is 5.69 Å². The number of allylic oxidation sites excluding steroid dienone is 1. The molecule has 0 fully saturated rings. The minimum absolute atomic E-state index is 0.999. The van der Waals surface area contributed by atoms with Crippen LogP contribution < -0.4 is 5.32 Å². The summed E-state index contributed by atoms with van der Waals surface area (Å²) in [6.45, 7) is 10.1. The normalized spacial score (nSPS) is 8.57. The number of benzene rings is 1. The molecule has 0 atom stereocenters. The Kier molecular flexibility index (Phi) is 6.55. The summed E-state index contributed by atoms with van der Waals surface area (Å²) in [5.41, 5.74) is 3.56. The molecule has 1 rings (SSSR count). The first-order valence-corrected chi connectivity index (χ1v) is 5.24. The Hall–Kier alpha value is -1.24. The molecule has 1 N–H and O–H groups in total. The monoisotopic (exact) mass is 191 g/mol. The molecule has 1 aromatic carbocycles. The van der Waals surface area contributed by atoms with E-state index in [9.17, 15) is 0 Å². The van der Waals surface area contributed by atoms with E-state index in [4.69, 9.17) is 0 Å². The van der Waals surface area contributed by atoms with Gasteiger partial charge >= 0.3 is 0 Å². The van der Waals surface area contributed by atoms with Crippen molar-refractivity contribution in [3.63, 3.8) is 0 Å². The molecule has 0 saturated heterocycles. The maximum Gasteiger partial charge on any atom is 0.0413 e. The summed E-state index contributed by atoms with van der Waals surface area (Å²) in [5.74, 6) is 0. The van der Waals surface area contributed by atoms with E-state index in [1.54, 1.807) is 0 Å². The zero-order chi connectivity index (χ0) is 11.0. The molecule has 0 amide bonds. The summed E-state index contributed by atoms with van der Waals surface area (Å²) in [6.07, 6.45) is 0.999. The van der Waals surface area contributed by atoms with Crippen LogP contribution in [0.5, 0.6) is 0 Å². The third-order valence-electron chi connectivity index (χ3n) is 2.00. The Morgan fingerprint density at radius 1 is 1.29 bits per heavy atom. The van der Waals surface area contributed by atoms with Crippen LogP contribution in [0.3, 0.4) is 0 Å². The van der Waals surface area contributed by atoms with E-state index in [1.807, 2.05) is 33.0 Å². The van der Waals surface area contributed by atoms with E-state index < -0.39 is 0 Å². The Morgan fingerprint density at radius 3 is 2.36 bits per heavy atom. The van der Waals surface area contributed by atoms with Gasteiger partial charge in [0.1, 0.15) is 0 Å². The van der Waals surface area contributed by atoms with Gasteiger partial charge in [-0.15, -0.1) is 0 Å². The van der Waals surface area contributed by atoms with Crippen LogP contribution in [0.15, 0.2) is 30.8 Å². The van der Waals surface area contributed by atoms with Gasteiger partial charge < -0.3 is 5.32 Å². The number of nitrogens with one attached hydrogen (secondary N) is 1. The highest BCUT2D eigenvalue weighted by atomic mass is 14.8. The molecule has 0 heterocycles. The fraction of sp³-hybridized carbons (Fsp3) is 0.385. The van der Waals surface area contributed by atoms with E-state index in [2.05, 4.69) is 31.0 Å². The second-order valence-electron chi connectivity index (χ2n) is 2.75. The van der Waals surface area contributed by atoms with Crippen LogP contribution in [0, 0.1) is 0 Å². The van der Waals surface area contributed by atoms with Gasteiger partial charge in [-0.1, -0.05) is 45.5 Å². The molecule has 0 saturated carbocycles. The molecular weight excluding hydrogens is 170 g/mol. The molecular formula is C13H21N. The molecule has 0 unspecified atom stereocenters. The maximum absolute atomic E-state index is 4.01. The lowest BCUT2D eigenvalue weighted by molar-refractivity contribution is 1.24. The molecule has 78 valence electrons. The van der Waals surface area contributed by atoms with Gasteiger partial charge in [-0.05, 0) is 18.1 Å². The number of rotatable bonds is 3. The average Bonchev–Trinajstić information content (AvgIpc) is 2.30. The molecule has 0 radical (unpaired) electrons. The first-order valence-electron chi connectivity index (χ1n) is 5.24. The summed E-state index contributed by atoms with van der Waals surface area (Å²) < 4.78 is 0. The number of para-hydroxylation sites is 1. The highest BCUT2D eigenvalue weighted by molar-refractivity contribution is 5.74. The van der Waals surface area contributed by atoms with Crippen LogP contribution in [-0.2, 0) is 0 Å². The van der Waals surface area contributed by atoms with Gasteiger partial charge in [0.05, 0.1) is 0 Å². The Labute approximate surface area is 87.9 Å². The predicted molar refractivity (Wildman–Crippen MR) is 66.7 cm³/mol. The predicted octanol–water partition coefficient (Wildman–Crippen LogP) is 4.18. The molecule has 14 heavy (non-hydrogen) atoms. The van der Waals surface area contributed by atoms with Crippen LogP contribution in [0.2, 0.25) is 0 Å².